The van der Waals surface area contributed by atoms with Gasteiger partial charge in [0.25, 0.3) is 5.91 Å². The van der Waals surface area contributed by atoms with Gasteiger partial charge in [0.1, 0.15) is 11.5 Å². The number of hydrogen-bond acceptors (Lipinski definition) is 4. The fourth-order valence-electron chi connectivity index (χ4n) is 2.49. The van der Waals surface area contributed by atoms with E-state index in [1.165, 1.54) is 0 Å². The Labute approximate surface area is 152 Å². The summed E-state index contributed by atoms with van der Waals surface area (Å²) < 4.78 is 11.0. The summed E-state index contributed by atoms with van der Waals surface area (Å²) in [6.45, 7) is 2.46. The molecule has 0 atom stereocenters. The summed E-state index contributed by atoms with van der Waals surface area (Å²) >= 11 is 0. The van der Waals surface area contributed by atoms with Crippen LogP contribution in [0, 0.1) is 0 Å². The van der Waals surface area contributed by atoms with Gasteiger partial charge >= 0.3 is 0 Å². The number of hydrazone groups is 1. The Hall–Kier alpha value is -3.34. The lowest BCUT2D eigenvalue weighted by atomic mass is 10.1. The van der Waals surface area contributed by atoms with Crippen LogP contribution >= 0.6 is 0 Å². The fourth-order valence-corrected chi connectivity index (χ4v) is 2.49. The van der Waals surface area contributed by atoms with Crippen molar-refractivity contribution >= 4 is 22.9 Å². The molecule has 0 aliphatic rings. The Morgan fingerprint density at radius 2 is 1.77 bits per heavy atom. The molecule has 26 heavy (non-hydrogen) atoms. The predicted molar refractivity (Wildman–Crippen MR) is 103 cm³/mol. The van der Waals surface area contributed by atoms with Crippen LogP contribution in [0.25, 0.3) is 10.8 Å². The number of ether oxygens (including phenoxy) is 2. The van der Waals surface area contributed by atoms with Crippen LogP contribution in [0.15, 0.2) is 71.8 Å². The molecule has 5 nitrogen and oxygen atoms in total. The Morgan fingerprint density at radius 3 is 2.58 bits per heavy atom. The summed E-state index contributed by atoms with van der Waals surface area (Å²) in [6, 6.07) is 21.1. The van der Waals surface area contributed by atoms with Gasteiger partial charge in [0.15, 0.2) is 6.61 Å². The van der Waals surface area contributed by atoms with Gasteiger partial charge in [-0.15, -0.1) is 0 Å². The van der Waals surface area contributed by atoms with Gasteiger partial charge < -0.3 is 9.47 Å². The molecular weight excluding hydrogens is 328 g/mol. The molecule has 0 heterocycles. The third-order valence-electron chi connectivity index (χ3n) is 3.70. The first-order valence-corrected chi connectivity index (χ1v) is 8.41. The van der Waals surface area contributed by atoms with Crippen molar-refractivity contribution in [3.8, 4) is 11.5 Å². The number of nitrogens with one attached hydrogen (secondary N) is 1. The molecule has 1 N–H and O–H groups in total. The van der Waals surface area contributed by atoms with Gasteiger partial charge in [0, 0.05) is 5.39 Å². The normalized spacial score (nSPS) is 10.8. The van der Waals surface area contributed by atoms with E-state index in [0.717, 1.165) is 22.1 Å². The van der Waals surface area contributed by atoms with Crippen molar-refractivity contribution in [1.82, 2.24) is 5.43 Å². The number of rotatable bonds is 7. The molecule has 5 heteroatoms. The molecule has 132 valence electrons. The van der Waals surface area contributed by atoms with Gasteiger partial charge in [0.2, 0.25) is 0 Å². The first-order valence-electron chi connectivity index (χ1n) is 8.41. The van der Waals surface area contributed by atoms with E-state index in [9.17, 15) is 4.79 Å². The van der Waals surface area contributed by atoms with Crippen LogP contribution in [-0.2, 0) is 4.79 Å². The van der Waals surface area contributed by atoms with Gasteiger partial charge in [-0.25, -0.2) is 5.43 Å². The second kappa shape index (κ2) is 8.67. The molecule has 0 unspecified atom stereocenters. The average Bonchev–Trinajstić information content (AvgIpc) is 2.68. The van der Waals surface area contributed by atoms with Crippen LogP contribution in [-0.4, -0.2) is 25.3 Å². The van der Waals surface area contributed by atoms with E-state index in [1.54, 1.807) is 6.21 Å². The number of benzene rings is 3. The lowest BCUT2D eigenvalue weighted by Crippen LogP contribution is -2.24. The highest BCUT2D eigenvalue weighted by atomic mass is 16.5. The molecule has 0 radical (unpaired) electrons. The third-order valence-corrected chi connectivity index (χ3v) is 3.70. The summed E-state index contributed by atoms with van der Waals surface area (Å²) in [5.74, 6) is 1.16. The van der Waals surface area contributed by atoms with Gasteiger partial charge in [-0.05, 0) is 48.2 Å². The Morgan fingerprint density at radius 1 is 1.00 bits per heavy atom. The van der Waals surface area contributed by atoms with Crippen LogP contribution in [0.3, 0.4) is 0 Å². The van der Waals surface area contributed by atoms with E-state index in [4.69, 9.17) is 9.47 Å². The zero-order chi connectivity index (χ0) is 18.2. The highest BCUT2D eigenvalue weighted by molar-refractivity contribution is 5.89. The van der Waals surface area contributed by atoms with Crippen LogP contribution in [0.5, 0.6) is 11.5 Å². The van der Waals surface area contributed by atoms with Crippen LogP contribution in [0.1, 0.15) is 12.5 Å². The van der Waals surface area contributed by atoms with Gasteiger partial charge in [-0.1, -0.05) is 36.4 Å². The van der Waals surface area contributed by atoms with Gasteiger partial charge in [-0.3, -0.25) is 4.79 Å². The van der Waals surface area contributed by atoms with Crippen molar-refractivity contribution < 1.29 is 14.3 Å². The molecule has 0 fully saturated rings. The second-order valence-corrected chi connectivity index (χ2v) is 5.56. The summed E-state index contributed by atoms with van der Waals surface area (Å²) in [5.41, 5.74) is 3.33. The Bertz CT molecular complexity index is 899. The molecule has 3 aromatic rings. The quantitative estimate of drug-likeness (QED) is 0.522. The minimum Gasteiger partial charge on any atom is -0.494 e. The van der Waals surface area contributed by atoms with Gasteiger partial charge in [-0.2, -0.15) is 5.10 Å². The summed E-state index contributed by atoms with van der Waals surface area (Å²) in [4.78, 5) is 11.9. The van der Waals surface area contributed by atoms with E-state index in [1.807, 2.05) is 73.7 Å². The molecule has 3 rings (SSSR count). The average molecular weight is 348 g/mol. The molecule has 0 spiro atoms. The monoisotopic (exact) mass is 348 g/mol. The van der Waals surface area contributed by atoms with Crippen LogP contribution < -0.4 is 14.9 Å². The molecule has 3 aromatic carbocycles. The minimum absolute atomic E-state index is 0.103. The summed E-state index contributed by atoms with van der Waals surface area (Å²) in [5, 5.41) is 5.99. The largest absolute Gasteiger partial charge is 0.494 e. The molecule has 0 bridgehead atoms. The third kappa shape index (κ3) is 4.60. The second-order valence-electron chi connectivity index (χ2n) is 5.56. The summed E-state index contributed by atoms with van der Waals surface area (Å²) in [6.07, 6.45) is 1.57. The fraction of sp³-hybridized carbons (Fsp3) is 0.143. The van der Waals surface area contributed by atoms with Crippen molar-refractivity contribution in [1.29, 1.82) is 0 Å². The first-order chi connectivity index (χ1) is 12.8. The number of carbonyl (C=O) groups excluding carboxylic acids is 1. The number of amides is 1. The SMILES string of the molecule is CCOc1ccc(/C=N\NC(=O)COc2cccc3ccccc23)cc1. The van der Waals surface area contributed by atoms with Crippen molar-refractivity contribution in [2.75, 3.05) is 13.2 Å². The lowest BCUT2D eigenvalue weighted by Gasteiger charge is -2.08. The maximum Gasteiger partial charge on any atom is 0.277 e. The van der Waals surface area contributed by atoms with Crippen molar-refractivity contribution in [3.63, 3.8) is 0 Å². The highest BCUT2D eigenvalue weighted by Gasteiger charge is 2.04. The zero-order valence-corrected chi connectivity index (χ0v) is 14.5. The standard InChI is InChI=1S/C21H20N2O3/c1-2-25-18-12-10-16(11-13-18)14-22-23-21(24)15-26-20-9-5-7-17-6-3-4-8-19(17)20/h3-14H,2,15H2,1H3,(H,23,24)/b22-14-. The molecule has 1 amide bonds. The maximum atomic E-state index is 11.9. The Balaban J connectivity index is 1.52. The van der Waals surface area contributed by atoms with Gasteiger partial charge in [0.05, 0.1) is 12.8 Å². The number of carbonyl (C=O) groups is 1. The van der Waals surface area contributed by atoms with E-state index < -0.39 is 0 Å². The molecular formula is C21H20N2O3. The molecule has 0 aliphatic heterocycles. The molecule has 0 aromatic heterocycles. The van der Waals surface area contributed by atoms with Crippen LogP contribution in [0.4, 0.5) is 0 Å². The highest BCUT2D eigenvalue weighted by Crippen LogP contribution is 2.24. The topological polar surface area (TPSA) is 59.9 Å². The van der Waals surface area contributed by atoms with E-state index >= 15 is 0 Å². The maximum absolute atomic E-state index is 11.9. The van der Waals surface area contributed by atoms with Crippen LogP contribution in [0.2, 0.25) is 0 Å². The van der Waals surface area contributed by atoms with Crippen molar-refractivity contribution in [2.45, 2.75) is 6.92 Å². The lowest BCUT2D eigenvalue weighted by molar-refractivity contribution is -0.123. The zero-order valence-electron chi connectivity index (χ0n) is 14.5. The number of fused-ring (bicyclic) bond motifs is 1. The minimum atomic E-state index is -0.319. The first kappa shape index (κ1) is 17.5. The molecule has 0 saturated heterocycles. The van der Waals surface area contributed by atoms with E-state index in [-0.39, 0.29) is 12.5 Å². The Kier molecular flexibility index (Phi) is 5.83. The van der Waals surface area contributed by atoms with Crippen molar-refractivity contribution in [2.24, 2.45) is 5.10 Å². The molecule has 0 saturated carbocycles. The van der Waals surface area contributed by atoms with Crippen molar-refractivity contribution in [3.05, 3.63) is 72.3 Å². The summed E-state index contributed by atoms with van der Waals surface area (Å²) in [7, 11) is 0. The number of nitrogens with zero attached hydrogens (tertiary/aromatic N) is 1. The van der Waals surface area contributed by atoms with E-state index in [0.29, 0.717) is 12.4 Å². The smallest absolute Gasteiger partial charge is 0.277 e. The predicted octanol–water partition coefficient (Wildman–Crippen LogP) is 3.77. The van der Waals surface area contributed by atoms with E-state index in [2.05, 4.69) is 10.5 Å². The number of hydrogen-bond donors (Lipinski definition) is 1. The molecule has 0 aliphatic carbocycles.